The summed E-state index contributed by atoms with van der Waals surface area (Å²) in [6.07, 6.45) is 2.76. The molecule has 0 spiro atoms. The van der Waals surface area contributed by atoms with Crippen molar-refractivity contribution >= 4 is 34.8 Å². The maximum atomic E-state index is 12.1. The first-order chi connectivity index (χ1) is 12.0. The van der Waals surface area contributed by atoms with Gasteiger partial charge in [-0.1, -0.05) is 0 Å². The molecule has 0 aliphatic carbocycles. The van der Waals surface area contributed by atoms with Gasteiger partial charge in [-0.3, -0.25) is 20.2 Å². The molecule has 1 aliphatic rings. The van der Waals surface area contributed by atoms with E-state index in [4.69, 9.17) is 0 Å². The largest absolute Gasteiger partial charge is 0.324 e. The number of carbonyl (C=O) groups excluding carboxylic acids is 2. The fourth-order valence-electron chi connectivity index (χ4n) is 2.55. The minimum atomic E-state index is -0.555. The quantitative estimate of drug-likeness (QED) is 0.655. The zero-order chi connectivity index (χ0) is 17.8. The van der Waals surface area contributed by atoms with Crippen LogP contribution in [0.4, 0.5) is 27.7 Å². The molecule has 1 aromatic carbocycles. The Hall–Kier alpha value is -3.49. The Morgan fingerprint density at radius 2 is 1.96 bits per heavy atom. The molecule has 9 heteroatoms. The van der Waals surface area contributed by atoms with E-state index >= 15 is 0 Å². The summed E-state index contributed by atoms with van der Waals surface area (Å²) in [5, 5.41) is 15.8. The number of nitro groups is 1. The normalized spacial score (nSPS) is 13.6. The Balaban J connectivity index is 1.71. The maximum Gasteiger partial charge on any atom is 0.324 e. The Kier molecular flexibility index (Phi) is 4.55. The summed E-state index contributed by atoms with van der Waals surface area (Å²) < 4.78 is 0. The van der Waals surface area contributed by atoms with E-state index in [1.165, 1.54) is 30.5 Å². The number of urea groups is 1. The van der Waals surface area contributed by atoms with Crippen LogP contribution in [0.15, 0.2) is 42.6 Å². The second-order valence-corrected chi connectivity index (χ2v) is 5.40. The zero-order valence-electron chi connectivity index (χ0n) is 13.1. The number of nitrogens with zero attached hydrogens (tertiary/aromatic N) is 3. The summed E-state index contributed by atoms with van der Waals surface area (Å²) in [4.78, 5) is 39.9. The zero-order valence-corrected chi connectivity index (χ0v) is 13.1. The lowest BCUT2D eigenvalue weighted by atomic mass is 10.3. The second kappa shape index (κ2) is 6.95. The Labute approximate surface area is 142 Å². The minimum Gasteiger partial charge on any atom is -0.309 e. The van der Waals surface area contributed by atoms with E-state index in [1.807, 2.05) is 0 Å². The fourth-order valence-corrected chi connectivity index (χ4v) is 2.55. The molecule has 2 heterocycles. The maximum absolute atomic E-state index is 12.1. The van der Waals surface area contributed by atoms with Gasteiger partial charge < -0.3 is 10.2 Å². The molecule has 3 rings (SSSR count). The first-order valence-corrected chi connectivity index (χ1v) is 7.62. The third-order valence-corrected chi connectivity index (χ3v) is 3.72. The van der Waals surface area contributed by atoms with Crippen LogP contribution in [-0.2, 0) is 4.79 Å². The van der Waals surface area contributed by atoms with Crippen LogP contribution in [0.5, 0.6) is 0 Å². The molecular formula is C16H15N5O4. The highest BCUT2D eigenvalue weighted by Crippen LogP contribution is 2.27. The van der Waals surface area contributed by atoms with E-state index in [-0.39, 0.29) is 17.4 Å². The molecule has 0 atom stereocenters. The number of rotatable bonds is 4. The highest BCUT2D eigenvalue weighted by atomic mass is 16.6. The van der Waals surface area contributed by atoms with Crippen molar-refractivity contribution in [1.29, 1.82) is 0 Å². The summed E-state index contributed by atoms with van der Waals surface area (Å²) >= 11 is 0. The van der Waals surface area contributed by atoms with Gasteiger partial charge in [0.1, 0.15) is 0 Å². The van der Waals surface area contributed by atoms with E-state index in [0.29, 0.717) is 24.3 Å². The molecule has 128 valence electrons. The third kappa shape index (κ3) is 3.71. The third-order valence-electron chi connectivity index (χ3n) is 3.72. The molecule has 0 radical (unpaired) electrons. The molecule has 2 aromatic rings. The van der Waals surface area contributed by atoms with Gasteiger partial charge in [0.05, 0.1) is 10.6 Å². The molecule has 2 N–H and O–H groups in total. The average Bonchev–Trinajstić information content (AvgIpc) is 3.01. The number of pyridine rings is 1. The highest BCUT2D eigenvalue weighted by molar-refractivity contribution is 6.04. The summed E-state index contributed by atoms with van der Waals surface area (Å²) in [6.45, 7) is 0.586. The number of aromatic nitrogens is 1. The number of nitro benzene ring substituents is 1. The van der Waals surface area contributed by atoms with Crippen LogP contribution < -0.4 is 15.5 Å². The van der Waals surface area contributed by atoms with Crippen LogP contribution >= 0.6 is 0 Å². The number of nitrogens with one attached hydrogen (secondary N) is 2. The van der Waals surface area contributed by atoms with Crippen LogP contribution in [0.2, 0.25) is 0 Å². The lowest BCUT2D eigenvalue weighted by Gasteiger charge is -2.19. The van der Waals surface area contributed by atoms with Gasteiger partial charge in [-0.25, -0.2) is 9.78 Å². The van der Waals surface area contributed by atoms with Crippen molar-refractivity contribution in [2.24, 2.45) is 0 Å². The Morgan fingerprint density at radius 1 is 1.20 bits per heavy atom. The molecule has 0 saturated carbocycles. The summed E-state index contributed by atoms with van der Waals surface area (Å²) in [5.41, 5.74) is 0.882. The van der Waals surface area contributed by atoms with E-state index in [0.717, 1.165) is 6.42 Å². The van der Waals surface area contributed by atoms with Crippen LogP contribution in [0.1, 0.15) is 12.8 Å². The van der Waals surface area contributed by atoms with Gasteiger partial charge in [-0.2, -0.15) is 0 Å². The van der Waals surface area contributed by atoms with E-state index in [9.17, 15) is 19.7 Å². The molecule has 25 heavy (non-hydrogen) atoms. The highest BCUT2D eigenvalue weighted by Gasteiger charge is 2.24. The van der Waals surface area contributed by atoms with E-state index in [2.05, 4.69) is 15.6 Å². The molecule has 1 saturated heterocycles. The number of amides is 3. The van der Waals surface area contributed by atoms with Crippen LogP contribution in [0, 0.1) is 10.1 Å². The molecule has 3 amide bonds. The fraction of sp³-hybridized carbons (Fsp3) is 0.188. The van der Waals surface area contributed by atoms with Gasteiger partial charge >= 0.3 is 6.03 Å². The molecule has 0 unspecified atom stereocenters. The van der Waals surface area contributed by atoms with Crippen molar-refractivity contribution in [3.8, 4) is 0 Å². The second-order valence-electron chi connectivity index (χ2n) is 5.40. The molecule has 0 bridgehead atoms. The van der Waals surface area contributed by atoms with E-state index < -0.39 is 11.0 Å². The number of non-ortho nitro benzene ring substituents is 1. The number of hydrogen-bond donors (Lipinski definition) is 2. The molecule has 1 aliphatic heterocycles. The van der Waals surface area contributed by atoms with Gasteiger partial charge in [-0.05, 0) is 30.7 Å². The lowest BCUT2D eigenvalue weighted by molar-refractivity contribution is -0.384. The monoisotopic (exact) mass is 341 g/mol. The van der Waals surface area contributed by atoms with Gasteiger partial charge in [0.25, 0.3) is 5.69 Å². The number of anilines is 3. The SMILES string of the molecule is O=C(Nc1ccc([N+](=O)[O-])cc1)Nc1ncccc1N1CCCC1=O. The molecule has 9 nitrogen and oxygen atoms in total. The van der Waals surface area contributed by atoms with Crippen molar-refractivity contribution < 1.29 is 14.5 Å². The predicted molar refractivity (Wildman–Crippen MR) is 91.6 cm³/mol. The van der Waals surface area contributed by atoms with Crippen molar-refractivity contribution in [2.45, 2.75) is 12.8 Å². The first-order valence-electron chi connectivity index (χ1n) is 7.62. The smallest absolute Gasteiger partial charge is 0.309 e. The van der Waals surface area contributed by atoms with E-state index in [1.54, 1.807) is 17.0 Å². The summed E-state index contributed by atoms with van der Waals surface area (Å²) in [5.74, 6) is 0.268. The van der Waals surface area contributed by atoms with Crippen molar-refractivity contribution in [1.82, 2.24) is 4.98 Å². The van der Waals surface area contributed by atoms with Crippen molar-refractivity contribution in [3.63, 3.8) is 0 Å². The van der Waals surface area contributed by atoms with Crippen molar-refractivity contribution in [2.75, 3.05) is 22.1 Å². The number of hydrogen-bond acceptors (Lipinski definition) is 5. The van der Waals surface area contributed by atoms with Crippen LogP contribution in [0.3, 0.4) is 0 Å². The molecule has 1 fully saturated rings. The lowest BCUT2D eigenvalue weighted by Crippen LogP contribution is -2.27. The number of benzene rings is 1. The Bertz CT molecular complexity index is 822. The molecule has 1 aromatic heterocycles. The van der Waals surface area contributed by atoms with Gasteiger partial charge in [0, 0.05) is 37.0 Å². The molecular weight excluding hydrogens is 326 g/mol. The first kappa shape index (κ1) is 16.4. The summed E-state index contributed by atoms with van der Waals surface area (Å²) in [6, 6.07) is 8.32. The van der Waals surface area contributed by atoms with Gasteiger partial charge in [-0.15, -0.1) is 0 Å². The standard InChI is InChI=1S/C16H15N5O4/c22-14-4-2-10-20(14)13-3-1-9-17-15(13)19-16(23)18-11-5-7-12(8-6-11)21(24)25/h1,3,5-9H,2,4,10H2,(H2,17,18,19,23). The van der Waals surface area contributed by atoms with Gasteiger partial charge in [0.15, 0.2) is 5.82 Å². The van der Waals surface area contributed by atoms with Crippen molar-refractivity contribution in [3.05, 3.63) is 52.7 Å². The van der Waals surface area contributed by atoms with Gasteiger partial charge in [0.2, 0.25) is 5.91 Å². The van der Waals surface area contributed by atoms with Crippen LogP contribution in [-0.4, -0.2) is 28.4 Å². The Morgan fingerprint density at radius 3 is 2.60 bits per heavy atom. The minimum absolute atomic E-state index is 0.00757. The van der Waals surface area contributed by atoms with Crippen LogP contribution in [0.25, 0.3) is 0 Å². The average molecular weight is 341 g/mol. The number of carbonyl (C=O) groups is 2. The predicted octanol–water partition coefficient (Wildman–Crippen LogP) is 2.76. The summed E-state index contributed by atoms with van der Waals surface area (Å²) in [7, 11) is 0. The topological polar surface area (TPSA) is 117 Å².